The highest BCUT2D eigenvalue weighted by Crippen LogP contribution is 2.13. The summed E-state index contributed by atoms with van der Waals surface area (Å²) in [7, 11) is 0. The molecule has 7 heteroatoms. The van der Waals surface area contributed by atoms with Crippen LogP contribution in [0.5, 0.6) is 0 Å². The quantitative estimate of drug-likeness (QED) is 0.570. The van der Waals surface area contributed by atoms with Gasteiger partial charge in [-0.1, -0.05) is 25.1 Å². The third kappa shape index (κ3) is 3.60. The second-order valence-corrected chi connectivity index (χ2v) is 5.40. The Hall–Kier alpha value is -3.35. The molecule has 3 aromatic rings. The van der Waals surface area contributed by atoms with Crippen molar-refractivity contribution < 1.29 is 4.79 Å². The van der Waals surface area contributed by atoms with E-state index in [0.29, 0.717) is 17.3 Å². The van der Waals surface area contributed by atoms with Crippen LogP contribution < -0.4 is 11.0 Å². The maximum atomic E-state index is 12.5. The monoisotopic (exact) mass is 335 g/mol. The lowest BCUT2D eigenvalue weighted by Crippen LogP contribution is -2.29. The fourth-order valence-electron chi connectivity index (χ4n) is 2.43. The van der Waals surface area contributed by atoms with Crippen LogP contribution in [0.1, 0.15) is 29.4 Å². The zero-order valence-electron chi connectivity index (χ0n) is 13.7. The average Bonchev–Trinajstić information content (AvgIpc) is 2.65. The summed E-state index contributed by atoms with van der Waals surface area (Å²) >= 11 is 0. The van der Waals surface area contributed by atoms with Gasteiger partial charge in [-0.2, -0.15) is 10.2 Å². The molecule has 25 heavy (non-hydrogen) atoms. The van der Waals surface area contributed by atoms with Gasteiger partial charge in [0.1, 0.15) is 0 Å². The second kappa shape index (κ2) is 7.48. The van der Waals surface area contributed by atoms with Gasteiger partial charge < -0.3 is 0 Å². The Bertz CT molecular complexity index is 980. The third-order valence-corrected chi connectivity index (χ3v) is 3.60. The van der Waals surface area contributed by atoms with Crippen LogP contribution in [-0.4, -0.2) is 26.9 Å². The molecule has 0 aliphatic heterocycles. The molecule has 126 valence electrons. The number of aromatic nitrogens is 3. The molecule has 0 unspecified atom stereocenters. The Morgan fingerprint density at radius 1 is 1.20 bits per heavy atom. The van der Waals surface area contributed by atoms with Gasteiger partial charge in [-0.15, -0.1) is 0 Å². The minimum Gasteiger partial charge on any atom is -0.267 e. The number of amides is 1. The summed E-state index contributed by atoms with van der Waals surface area (Å²) in [6, 6.07) is 10.5. The molecular weight excluding hydrogens is 318 g/mol. The molecule has 0 saturated heterocycles. The van der Waals surface area contributed by atoms with Gasteiger partial charge in [0, 0.05) is 24.3 Å². The van der Waals surface area contributed by atoms with E-state index in [1.165, 1.54) is 10.9 Å². The fraction of sp³-hybridized carbons (Fsp3) is 0.167. The summed E-state index contributed by atoms with van der Waals surface area (Å²) in [6.07, 6.45) is 5.54. The van der Waals surface area contributed by atoms with E-state index in [0.717, 1.165) is 12.0 Å². The number of hydrazone groups is 1. The Kier molecular flexibility index (Phi) is 4.94. The molecule has 2 aromatic heterocycles. The molecular formula is C18H17N5O2. The molecule has 0 aliphatic carbocycles. The third-order valence-electron chi connectivity index (χ3n) is 3.60. The number of nitrogens with zero attached hydrogens (tertiary/aromatic N) is 4. The summed E-state index contributed by atoms with van der Waals surface area (Å²) in [5.41, 5.74) is 3.25. The van der Waals surface area contributed by atoms with Gasteiger partial charge in [-0.3, -0.25) is 14.6 Å². The van der Waals surface area contributed by atoms with Crippen molar-refractivity contribution >= 4 is 22.9 Å². The number of rotatable bonds is 5. The van der Waals surface area contributed by atoms with Gasteiger partial charge in [0.2, 0.25) is 0 Å². The number of benzene rings is 1. The molecule has 0 aliphatic rings. The number of hydrogen-bond acceptors (Lipinski definition) is 5. The first kappa shape index (κ1) is 16.5. The molecule has 1 N–H and O–H groups in total. The minimum absolute atomic E-state index is 0.176. The number of aryl methyl sites for hydroxylation is 1. The number of nitrogens with one attached hydrogen (secondary N) is 1. The zero-order valence-corrected chi connectivity index (χ0v) is 13.7. The van der Waals surface area contributed by atoms with Crippen LogP contribution in [0.15, 0.2) is 58.7 Å². The van der Waals surface area contributed by atoms with Gasteiger partial charge in [0.25, 0.3) is 11.5 Å². The molecule has 7 nitrogen and oxygen atoms in total. The van der Waals surface area contributed by atoms with Crippen LogP contribution in [0, 0.1) is 0 Å². The highest BCUT2D eigenvalue weighted by molar-refractivity contribution is 6.04. The molecule has 2 heterocycles. The van der Waals surface area contributed by atoms with Crippen molar-refractivity contribution in [3.05, 3.63) is 70.4 Å². The van der Waals surface area contributed by atoms with Crippen molar-refractivity contribution in [2.45, 2.75) is 19.9 Å². The van der Waals surface area contributed by atoms with Gasteiger partial charge in [0.15, 0.2) is 5.69 Å². The first-order valence-corrected chi connectivity index (χ1v) is 7.94. The summed E-state index contributed by atoms with van der Waals surface area (Å²) in [5.74, 6) is -0.466. The fourth-order valence-corrected chi connectivity index (χ4v) is 2.43. The molecule has 0 radical (unpaired) electrons. The summed E-state index contributed by atoms with van der Waals surface area (Å²) < 4.78 is 1.32. The van der Waals surface area contributed by atoms with Crippen molar-refractivity contribution in [2.75, 3.05) is 0 Å². The first-order valence-electron chi connectivity index (χ1n) is 7.94. The molecule has 1 aromatic carbocycles. The van der Waals surface area contributed by atoms with Crippen LogP contribution >= 0.6 is 0 Å². The van der Waals surface area contributed by atoms with Crippen molar-refractivity contribution in [2.24, 2.45) is 5.10 Å². The van der Waals surface area contributed by atoms with Crippen LogP contribution in [0.3, 0.4) is 0 Å². The van der Waals surface area contributed by atoms with E-state index in [1.807, 2.05) is 6.92 Å². The van der Waals surface area contributed by atoms with Crippen LogP contribution in [-0.2, 0) is 6.54 Å². The number of carbonyl (C=O) groups excluding carboxylic acids is 1. The molecule has 0 bridgehead atoms. The van der Waals surface area contributed by atoms with Crippen molar-refractivity contribution in [3.8, 4) is 0 Å². The maximum Gasteiger partial charge on any atom is 0.292 e. The van der Waals surface area contributed by atoms with Crippen molar-refractivity contribution in [3.63, 3.8) is 0 Å². The van der Waals surface area contributed by atoms with E-state index < -0.39 is 5.91 Å². The van der Waals surface area contributed by atoms with Crippen LogP contribution in [0.2, 0.25) is 0 Å². The zero-order chi connectivity index (χ0) is 17.6. The van der Waals surface area contributed by atoms with Gasteiger partial charge in [0.05, 0.1) is 11.6 Å². The molecule has 0 spiro atoms. The Labute approximate surface area is 144 Å². The van der Waals surface area contributed by atoms with Gasteiger partial charge in [-0.05, 0) is 30.2 Å². The number of hydrogen-bond donors (Lipinski definition) is 1. The lowest BCUT2D eigenvalue weighted by Gasteiger charge is -2.09. The number of pyridine rings is 1. The predicted octanol–water partition coefficient (Wildman–Crippen LogP) is 1.97. The number of fused-ring (bicyclic) bond motifs is 1. The predicted molar refractivity (Wildman–Crippen MR) is 95.6 cm³/mol. The lowest BCUT2D eigenvalue weighted by molar-refractivity contribution is 0.0949. The topological polar surface area (TPSA) is 89.2 Å². The maximum absolute atomic E-state index is 12.5. The standard InChI is InChI=1S/C18H17N5O2/c1-2-11-23-18(25)15-6-4-3-5-14(15)16(22-23)17(24)21-20-12-13-7-9-19-10-8-13/h3-10,12H,2,11H2,1H3,(H,21,24)/b20-12+. The largest absolute Gasteiger partial charge is 0.292 e. The van der Waals surface area contributed by atoms with E-state index >= 15 is 0 Å². The Morgan fingerprint density at radius 3 is 2.64 bits per heavy atom. The van der Waals surface area contributed by atoms with E-state index in [2.05, 4.69) is 20.6 Å². The van der Waals surface area contributed by atoms with Gasteiger partial charge >= 0.3 is 0 Å². The minimum atomic E-state index is -0.466. The number of carbonyl (C=O) groups is 1. The van der Waals surface area contributed by atoms with Crippen LogP contribution in [0.25, 0.3) is 10.8 Å². The van der Waals surface area contributed by atoms with Crippen molar-refractivity contribution in [1.82, 2.24) is 20.2 Å². The van der Waals surface area contributed by atoms with Gasteiger partial charge in [-0.25, -0.2) is 10.1 Å². The van der Waals surface area contributed by atoms with E-state index in [9.17, 15) is 9.59 Å². The van der Waals surface area contributed by atoms with E-state index in [-0.39, 0.29) is 11.3 Å². The summed E-state index contributed by atoms with van der Waals surface area (Å²) in [6.45, 7) is 2.40. The lowest BCUT2D eigenvalue weighted by atomic mass is 10.1. The normalized spacial score (nSPS) is 11.1. The summed E-state index contributed by atoms with van der Waals surface area (Å²) in [5, 5.41) is 9.14. The Morgan fingerprint density at radius 2 is 1.92 bits per heavy atom. The highest BCUT2D eigenvalue weighted by atomic mass is 16.2. The summed E-state index contributed by atoms with van der Waals surface area (Å²) in [4.78, 5) is 28.8. The van der Waals surface area contributed by atoms with E-state index in [4.69, 9.17) is 0 Å². The van der Waals surface area contributed by atoms with Crippen LogP contribution in [0.4, 0.5) is 0 Å². The second-order valence-electron chi connectivity index (χ2n) is 5.40. The molecule has 3 rings (SSSR count). The first-order chi connectivity index (χ1) is 12.2. The SMILES string of the molecule is CCCn1nc(C(=O)N/N=C/c2ccncc2)c2ccccc2c1=O. The van der Waals surface area contributed by atoms with Crippen molar-refractivity contribution in [1.29, 1.82) is 0 Å². The van der Waals surface area contributed by atoms with E-state index in [1.54, 1.807) is 48.8 Å². The molecule has 0 saturated carbocycles. The smallest absolute Gasteiger partial charge is 0.267 e. The molecule has 0 atom stereocenters. The highest BCUT2D eigenvalue weighted by Gasteiger charge is 2.15. The molecule has 0 fully saturated rings. The Balaban J connectivity index is 1.94. The molecule has 1 amide bonds. The average molecular weight is 335 g/mol.